The third-order valence-electron chi connectivity index (χ3n) is 2.89. The molecule has 2 rings (SSSR count). The van der Waals surface area contributed by atoms with Crippen LogP contribution in [0.1, 0.15) is 29.3 Å². The summed E-state index contributed by atoms with van der Waals surface area (Å²) in [6.07, 6.45) is 0.917. The molecule has 0 radical (unpaired) electrons. The molecular weight excluding hydrogens is 257 g/mol. The van der Waals surface area contributed by atoms with Gasteiger partial charge in [0.2, 0.25) is 0 Å². The van der Waals surface area contributed by atoms with E-state index in [1.165, 1.54) is 18.2 Å². The fourth-order valence-corrected chi connectivity index (χ4v) is 1.81. The van der Waals surface area contributed by atoms with E-state index in [0.29, 0.717) is 17.9 Å². The molecule has 0 spiro atoms. The molecule has 2 aromatic rings. The van der Waals surface area contributed by atoms with Crippen molar-refractivity contribution in [3.63, 3.8) is 0 Å². The first kappa shape index (κ1) is 14.1. The zero-order valence-electron chi connectivity index (χ0n) is 11.2. The number of benzene rings is 2. The van der Waals surface area contributed by atoms with Crippen molar-refractivity contribution >= 4 is 11.5 Å². The predicted molar refractivity (Wildman–Crippen MR) is 76.5 cm³/mol. The van der Waals surface area contributed by atoms with E-state index in [2.05, 4.69) is 0 Å². The van der Waals surface area contributed by atoms with Crippen LogP contribution >= 0.6 is 0 Å². The van der Waals surface area contributed by atoms with Gasteiger partial charge in [0.1, 0.15) is 11.6 Å². The summed E-state index contributed by atoms with van der Waals surface area (Å²) in [5.41, 5.74) is 6.10. The van der Waals surface area contributed by atoms with Gasteiger partial charge in [0.05, 0.1) is 12.3 Å². The van der Waals surface area contributed by atoms with Gasteiger partial charge in [-0.3, -0.25) is 4.79 Å². The number of carbonyl (C=O) groups excluding carboxylic acids is 1. The molecule has 20 heavy (non-hydrogen) atoms. The number of para-hydroxylation sites is 1. The average Bonchev–Trinajstić information content (AvgIpc) is 2.48. The molecule has 104 valence electrons. The summed E-state index contributed by atoms with van der Waals surface area (Å²) in [6.45, 7) is 2.65. The molecule has 0 atom stereocenters. The smallest absolute Gasteiger partial charge is 0.195 e. The van der Waals surface area contributed by atoms with Crippen molar-refractivity contribution in [2.24, 2.45) is 0 Å². The second kappa shape index (κ2) is 6.19. The van der Waals surface area contributed by atoms with Crippen molar-refractivity contribution in [1.82, 2.24) is 0 Å². The van der Waals surface area contributed by atoms with Crippen molar-refractivity contribution in [1.29, 1.82) is 0 Å². The van der Waals surface area contributed by atoms with Gasteiger partial charge in [-0.2, -0.15) is 0 Å². The monoisotopic (exact) mass is 273 g/mol. The summed E-state index contributed by atoms with van der Waals surface area (Å²) >= 11 is 0. The van der Waals surface area contributed by atoms with E-state index < -0.39 is 5.82 Å². The maximum Gasteiger partial charge on any atom is 0.195 e. The van der Waals surface area contributed by atoms with Crippen LogP contribution in [0.4, 0.5) is 10.1 Å². The van der Waals surface area contributed by atoms with Crippen molar-refractivity contribution < 1.29 is 13.9 Å². The Bertz CT molecular complexity index is 608. The number of ether oxygens (including phenoxy) is 1. The number of carbonyl (C=O) groups is 1. The maximum atomic E-state index is 13.4. The van der Waals surface area contributed by atoms with Gasteiger partial charge in [-0.25, -0.2) is 4.39 Å². The number of nitrogen functional groups attached to an aromatic ring is 1. The minimum atomic E-state index is -0.584. The lowest BCUT2D eigenvalue weighted by Gasteiger charge is -2.07. The van der Waals surface area contributed by atoms with E-state index in [9.17, 15) is 9.18 Å². The van der Waals surface area contributed by atoms with Gasteiger partial charge in [-0.05, 0) is 42.8 Å². The number of rotatable bonds is 5. The molecule has 0 unspecified atom stereocenters. The predicted octanol–water partition coefficient (Wildman–Crippen LogP) is 3.43. The van der Waals surface area contributed by atoms with Crippen LogP contribution in [0.2, 0.25) is 0 Å². The molecule has 0 saturated carbocycles. The van der Waals surface area contributed by atoms with E-state index in [0.717, 1.165) is 6.42 Å². The Labute approximate surface area is 117 Å². The lowest BCUT2D eigenvalue weighted by Crippen LogP contribution is -2.07. The zero-order valence-corrected chi connectivity index (χ0v) is 11.2. The SMILES string of the molecule is CCCOc1ccc(C(=O)c2cccc(F)c2N)cc1. The molecule has 4 heteroatoms. The van der Waals surface area contributed by atoms with Crippen LogP contribution in [0.15, 0.2) is 42.5 Å². The van der Waals surface area contributed by atoms with Crippen LogP contribution in [0.5, 0.6) is 5.75 Å². The lowest BCUT2D eigenvalue weighted by molar-refractivity contribution is 0.103. The van der Waals surface area contributed by atoms with Crippen LogP contribution in [-0.4, -0.2) is 12.4 Å². The van der Waals surface area contributed by atoms with E-state index in [-0.39, 0.29) is 17.0 Å². The molecule has 2 aromatic carbocycles. The summed E-state index contributed by atoms with van der Waals surface area (Å²) < 4.78 is 18.8. The minimum Gasteiger partial charge on any atom is -0.494 e. The minimum absolute atomic E-state index is 0.121. The molecule has 0 aromatic heterocycles. The molecule has 0 bridgehead atoms. The summed E-state index contributed by atoms with van der Waals surface area (Å²) in [7, 11) is 0. The second-order valence-corrected chi connectivity index (χ2v) is 4.40. The first-order valence-electron chi connectivity index (χ1n) is 6.45. The first-order valence-corrected chi connectivity index (χ1v) is 6.45. The summed E-state index contributed by atoms with van der Waals surface area (Å²) in [6, 6.07) is 11.0. The molecule has 0 saturated heterocycles. The second-order valence-electron chi connectivity index (χ2n) is 4.40. The van der Waals surface area contributed by atoms with Gasteiger partial charge in [0, 0.05) is 11.1 Å². The Kier molecular flexibility index (Phi) is 4.35. The van der Waals surface area contributed by atoms with Crippen LogP contribution < -0.4 is 10.5 Å². The first-order chi connectivity index (χ1) is 9.63. The number of nitrogens with two attached hydrogens (primary N) is 1. The van der Waals surface area contributed by atoms with E-state index in [1.807, 2.05) is 6.92 Å². The normalized spacial score (nSPS) is 10.3. The van der Waals surface area contributed by atoms with Gasteiger partial charge < -0.3 is 10.5 Å². The van der Waals surface area contributed by atoms with Crippen molar-refractivity contribution in [2.45, 2.75) is 13.3 Å². The molecule has 2 N–H and O–H groups in total. The molecular formula is C16H16FNO2. The molecule has 0 heterocycles. The van der Waals surface area contributed by atoms with Crippen LogP contribution in [0.25, 0.3) is 0 Å². The lowest BCUT2D eigenvalue weighted by atomic mass is 10.0. The Balaban J connectivity index is 2.23. The molecule has 0 aliphatic heterocycles. The van der Waals surface area contributed by atoms with Crippen LogP contribution in [0.3, 0.4) is 0 Å². The van der Waals surface area contributed by atoms with E-state index >= 15 is 0 Å². The Morgan fingerprint density at radius 2 is 1.90 bits per heavy atom. The highest BCUT2D eigenvalue weighted by atomic mass is 19.1. The summed E-state index contributed by atoms with van der Waals surface area (Å²) in [5, 5.41) is 0. The fourth-order valence-electron chi connectivity index (χ4n) is 1.81. The highest BCUT2D eigenvalue weighted by molar-refractivity contribution is 6.12. The molecule has 0 aliphatic carbocycles. The summed E-state index contributed by atoms with van der Waals surface area (Å²) in [4.78, 5) is 12.3. The number of ketones is 1. The third kappa shape index (κ3) is 2.96. The number of halogens is 1. The Morgan fingerprint density at radius 1 is 1.20 bits per heavy atom. The van der Waals surface area contributed by atoms with Crippen LogP contribution in [0, 0.1) is 5.82 Å². The standard InChI is InChI=1S/C16H16FNO2/c1-2-10-20-12-8-6-11(7-9-12)16(19)13-4-3-5-14(17)15(13)18/h3-9H,2,10,18H2,1H3. The van der Waals surface area contributed by atoms with Crippen LogP contribution in [-0.2, 0) is 0 Å². The Hall–Kier alpha value is -2.36. The van der Waals surface area contributed by atoms with Gasteiger partial charge in [-0.1, -0.05) is 13.0 Å². The summed E-state index contributed by atoms with van der Waals surface area (Å²) in [5.74, 6) is -0.182. The zero-order chi connectivity index (χ0) is 14.5. The van der Waals surface area contributed by atoms with Gasteiger partial charge >= 0.3 is 0 Å². The molecule has 0 fully saturated rings. The van der Waals surface area contributed by atoms with E-state index in [4.69, 9.17) is 10.5 Å². The number of anilines is 1. The van der Waals surface area contributed by atoms with Crippen molar-refractivity contribution in [3.8, 4) is 5.75 Å². The largest absolute Gasteiger partial charge is 0.494 e. The van der Waals surface area contributed by atoms with Crippen molar-refractivity contribution in [2.75, 3.05) is 12.3 Å². The topological polar surface area (TPSA) is 52.3 Å². The van der Waals surface area contributed by atoms with Gasteiger partial charge in [-0.15, -0.1) is 0 Å². The van der Waals surface area contributed by atoms with Gasteiger partial charge in [0.15, 0.2) is 5.78 Å². The third-order valence-corrected chi connectivity index (χ3v) is 2.89. The van der Waals surface area contributed by atoms with Crippen molar-refractivity contribution in [3.05, 3.63) is 59.4 Å². The maximum absolute atomic E-state index is 13.4. The van der Waals surface area contributed by atoms with E-state index in [1.54, 1.807) is 24.3 Å². The highest BCUT2D eigenvalue weighted by Crippen LogP contribution is 2.21. The quantitative estimate of drug-likeness (QED) is 0.670. The fraction of sp³-hybridized carbons (Fsp3) is 0.188. The molecule has 0 amide bonds. The van der Waals surface area contributed by atoms with Gasteiger partial charge in [0.25, 0.3) is 0 Å². The average molecular weight is 273 g/mol. The Morgan fingerprint density at radius 3 is 2.55 bits per heavy atom. The molecule has 3 nitrogen and oxygen atoms in total. The highest BCUT2D eigenvalue weighted by Gasteiger charge is 2.14. The molecule has 0 aliphatic rings. The number of hydrogen-bond acceptors (Lipinski definition) is 3. The number of hydrogen-bond donors (Lipinski definition) is 1.